The predicted octanol–water partition coefficient (Wildman–Crippen LogP) is 7.34. The largest absolute Gasteiger partial charge is 1.00 e. The van der Waals surface area contributed by atoms with Crippen LogP contribution >= 0.6 is 59.4 Å². The number of rotatable bonds is 2. The van der Waals surface area contributed by atoms with Crippen LogP contribution in [0.1, 0.15) is 30.5 Å². The fraction of sp³-hybridized carbons (Fsp3) is 0.206. The molecule has 5 nitrogen and oxygen atoms in total. The summed E-state index contributed by atoms with van der Waals surface area (Å²) in [5.41, 5.74) is 3.49. The first-order valence-electron chi connectivity index (χ1n) is 13.6. The van der Waals surface area contributed by atoms with Crippen molar-refractivity contribution in [3.05, 3.63) is 115 Å². The van der Waals surface area contributed by atoms with Crippen LogP contribution in [0, 0.1) is 20.8 Å². The van der Waals surface area contributed by atoms with Crippen molar-refractivity contribution in [2.45, 2.75) is 34.6 Å². The number of hydrogen-bond acceptors (Lipinski definition) is 5. The summed E-state index contributed by atoms with van der Waals surface area (Å²) >= 11 is 16.5. The second-order valence-corrected chi connectivity index (χ2v) is 12.2. The van der Waals surface area contributed by atoms with Crippen molar-refractivity contribution < 1.29 is 39.4 Å². The minimum atomic E-state index is 0. The van der Waals surface area contributed by atoms with Crippen LogP contribution in [0.15, 0.2) is 92.8 Å². The molecule has 0 aliphatic heterocycles. The molecule has 0 atom stereocenters. The molecule has 0 radical (unpaired) electrons. The van der Waals surface area contributed by atoms with Crippen LogP contribution in [0.5, 0.6) is 5.88 Å². The summed E-state index contributed by atoms with van der Waals surface area (Å²) in [6.45, 7) is 10.3. The molecule has 6 rings (SSSR count). The second kappa shape index (κ2) is 19.1. The summed E-state index contributed by atoms with van der Waals surface area (Å²) in [5, 5.41) is 16.3. The molecule has 0 amide bonds. The van der Waals surface area contributed by atoms with Gasteiger partial charge in [0.25, 0.3) is 0 Å². The topological polar surface area (TPSA) is 71.0 Å². The van der Waals surface area contributed by atoms with Gasteiger partial charge in [0.2, 0.25) is 5.88 Å². The first kappa shape index (κ1) is 38.6. The van der Waals surface area contributed by atoms with E-state index in [-0.39, 0.29) is 36.2 Å². The van der Waals surface area contributed by atoms with Gasteiger partial charge in [-0.1, -0.05) is 96.6 Å². The minimum absolute atomic E-state index is 0. The number of aryl methyl sites for hydroxylation is 3. The first-order chi connectivity index (χ1) is 20.6. The fourth-order valence-electron chi connectivity index (χ4n) is 4.39. The standard InChI is InChI=1S/C12H12BrNO.C10H7BrClN.C10H8BrN.C2H5O.Na/c1-3-15-12-9-5-4-6-10(13)11(9)8(2)7-14-12;1-6-5-13-10(12)7-3-2-4-8(11)9(6)7;1-7-5-12-6-8-3-2-4-9(11)10(7)8;1-2-3;/h4-7H,3H2,1-2H3;2-5H,1H3;2-6H,1H3;2H2,1H3;/q;;;-1;+1. The zero-order chi connectivity index (χ0) is 31.5. The number of hydrogen-bond donors (Lipinski definition) is 0. The number of pyridine rings is 3. The Labute approximate surface area is 311 Å². The van der Waals surface area contributed by atoms with Crippen molar-refractivity contribution in [1.29, 1.82) is 0 Å². The summed E-state index contributed by atoms with van der Waals surface area (Å²) in [6.07, 6.45) is 7.40. The van der Waals surface area contributed by atoms with Crippen LogP contribution in [0.3, 0.4) is 0 Å². The Hall–Kier alpha value is -1.62. The van der Waals surface area contributed by atoms with Crippen molar-refractivity contribution in [3.63, 3.8) is 0 Å². The molecule has 0 N–H and O–H groups in total. The molecule has 0 spiro atoms. The summed E-state index contributed by atoms with van der Waals surface area (Å²) in [7, 11) is 0. The number of halogens is 4. The molecule has 0 fully saturated rings. The van der Waals surface area contributed by atoms with Crippen LogP contribution in [-0.4, -0.2) is 28.2 Å². The fourth-order valence-corrected chi connectivity index (χ4v) is 6.65. The minimum Gasteiger partial charge on any atom is -0.855 e. The van der Waals surface area contributed by atoms with Gasteiger partial charge in [-0.15, -0.1) is 6.61 Å². The van der Waals surface area contributed by atoms with E-state index in [2.05, 4.69) is 88.7 Å². The molecule has 224 valence electrons. The van der Waals surface area contributed by atoms with E-state index in [1.54, 1.807) is 13.1 Å². The van der Waals surface area contributed by atoms with Crippen molar-refractivity contribution in [1.82, 2.24) is 15.0 Å². The van der Waals surface area contributed by atoms with Gasteiger partial charge < -0.3 is 9.84 Å². The van der Waals surface area contributed by atoms with E-state index >= 15 is 0 Å². The molecule has 3 aromatic carbocycles. The Morgan fingerprint density at radius 2 is 1.16 bits per heavy atom. The van der Waals surface area contributed by atoms with E-state index in [1.807, 2.05) is 74.9 Å². The molecular weight excluding hydrogens is 781 g/mol. The monoisotopic (exact) mass is 809 g/mol. The van der Waals surface area contributed by atoms with E-state index in [0.717, 1.165) is 40.7 Å². The van der Waals surface area contributed by atoms with Gasteiger partial charge >= 0.3 is 29.6 Å². The van der Waals surface area contributed by atoms with E-state index in [1.165, 1.54) is 21.7 Å². The Balaban J connectivity index is 0.000000219. The van der Waals surface area contributed by atoms with Gasteiger partial charge in [-0.25, -0.2) is 9.97 Å². The zero-order valence-electron chi connectivity index (χ0n) is 25.6. The molecule has 0 aliphatic carbocycles. The predicted molar refractivity (Wildman–Crippen MR) is 189 cm³/mol. The summed E-state index contributed by atoms with van der Waals surface area (Å²) in [5.74, 6) is 0.708. The molecule has 10 heteroatoms. The van der Waals surface area contributed by atoms with Crippen LogP contribution in [0.2, 0.25) is 5.15 Å². The van der Waals surface area contributed by atoms with Crippen LogP contribution in [0.25, 0.3) is 32.3 Å². The maximum Gasteiger partial charge on any atom is 1.00 e. The van der Waals surface area contributed by atoms with Crippen LogP contribution < -0.4 is 39.4 Å². The molecule has 0 unspecified atom stereocenters. The average molecular weight is 813 g/mol. The SMILES string of the molecule is CCOc1ncc(C)c2c(Br)cccc12.CC[O-].Cc1cnc(Cl)c2cccc(Br)c12.Cc1cncc2cccc(Br)c12.[Na+]. The molecule has 44 heavy (non-hydrogen) atoms. The van der Waals surface area contributed by atoms with Crippen molar-refractivity contribution in [2.24, 2.45) is 0 Å². The quantitative estimate of drug-likeness (QED) is 0.135. The van der Waals surface area contributed by atoms with Gasteiger partial charge in [-0.05, 0) is 68.7 Å². The molecule has 6 aromatic rings. The molecule has 0 bridgehead atoms. The average Bonchev–Trinajstić information content (AvgIpc) is 2.98. The zero-order valence-corrected chi connectivity index (χ0v) is 33.1. The molecule has 3 aromatic heterocycles. The van der Waals surface area contributed by atoms with Crippen molar-refractivity contribution in [3.8, 4) is 5.88 Å². The van der Waals surface area contributed by atoms with Gasteiger partial charge in [-0.3, -0.25) is 4.98 Å². The smallest absolute Gasteiger partial charge is 0.855 e. The van der Waals surface area contributed by atoms with Gasteiger partial charge in [-0.2, -0.15) is 0 Å². The molecular formula is C34H32Br3ClN3NaO2. The van der Waals surface area contributed by atoms with E-state index in [4.69, 9.17) is 21.4 Å². The van der Waals surface area contributed by atoms with E-state index in [9.17, 15) is 0 Å². The molecule has 0 aliphatic rings. The Bertz CT molecular complexity index is 1790. The number of benzene rings is 3. The summed E-state index contributed by atoms with van der Waals surface area (Å²) < 4.78 is 8.78. The van der Waals surface area contributed by atoms with E-state index in [0.29, 0.717) is 17.6 Å². The normalized spacial score (nSPS) is 10.0. The number of fused-ring (bicyclic) bond motifs is 3. The third-order valence-corrected chi connectivity index (χ3v) is 8.50. The van der Waals surface area contributed by atoms with Crippen LogP contribution in [0.4, 0.5) is 0 Å². The third kappa shape index (κ3) is 9.94. The first-order valence-corrected chi connectivity index (χ1v) is 16.3. The van der Waals surface area contributed by atoms with Crippen LogP contribution in [-0.2, 0) is 0 Å². The maximum absolute atomic E-state index is 8.93. The van der Waals surface area contributed by atoms with Gasteiger partial charge in [0.1, 0.15) is 5.15 Å². The Kier molecular flexibility index (Phi) is 16.8. The third-order valence-electron chi connectivity index (χ3n) is 6.22. The summed E-state index contributed by atoms with van der Waals surface area (Å²) in [6, 6.07) is 18.1. The molecule has 0 saturated heterocycles. The Morgan fingerprint density at radius 1 is 0.682 bits per heavy atom. The molecule has 0 saturated carbocycles. The second-order valence-electron chi connectivity index (χ2n) is 9.32. The van der Waals surface area contributed by atoms with E-state index < -0.39 is 0 Å². The van der Waals surface area contributed by atoms with Gasteiger partial charge in [0, 0.05) is 70.5 Å². The summed E-state index contributed by atoms with van der Waals surface area (Å²) in [4.78, 5) is 12.5. The number of nitrogens with zero attached hydrogens (tertiary/aromatic N) is 3. The Morgan fingerprint density at radius 3 is 1.70 bits per heavy atom. The van der Waals surface area contributed by atoms with Gasteiger partial charge in [0.05, 0.1) is 6.61 Å². The number of aromatic nitrogens is 3. The van der Waals surface area contributed by atoms with Crippen molar-refractivity contribution in [2.75, 3.05) is 13.2 Å². The van der Waals surface area contributed by atoms with Crippen molar-refractivity contribution >= 4 is 91.7 Å². The number of ether oxygens (including phenoxy) is 1. The molecule has 3 heterocycles. The maximum atomic E-state index is 8.93. The van der Waals surface area contributed by atoms with Gasteiger partial charge in [0.15, 0.2) is 0 Å².